The number of rotatable bonds is 5. The van der Waals surface area contributed by atoms with Crippen molar-refractivity contribution in [2.45, 2.75) is 58.1 Å². The maximum Gasteiger partial charge on any atom is 0.253 e. The van der Waals surface area contributed by atoms with E-state index in [2.05, 4.69) is 15.3 Å². The van der Waals surface area contributed by atoms with E-state index in [0.717, 1.165) is 31.1 Å². The van der Waals surface area contributed by atoms with Crippen LogP contribution in [0, 0.1) is 5.92 Å². The largest absolute Gasteiger partial charge is 0.478 e. The first-order chi connectivity index (χ1) is 12.4. The molecule has 0 aromatic carbocycles. The van der Waals surface area contributed by atoms with Gasteiger partial charge in [0, 0.05) is 23.7 Å². The number of carbonyl (C=O) groups excluding carboxylic acids is 1. The second kappa shape index (κ2) is 7.58. The van der Waals surface area contributed by atoms with Crippen molar-refractivity contribution in [3.8, 4) is 5.88 Å². The summed E-state index contributed by atoms with van der Waals surface area (Å²) >= 11 is 0. The van der Waals surface area contributed by atoms with Crippen molar-refractivity contribution in [1.82, 2.24) is 15.3 Å². The molecule has 2 N–H and O–H groups in total. The van der Waals surface area contributed by atoms with Crippen LogP contribution in [0.2, 0.25) is 0 Å². The molecule has 0 saturated heterocycles. The second-order valence-electron chi connectivity index (χ2n) is 7.53. The smallest absolute Gasteiger partial charge is 0.253 e. The number of hydrogen-bond donors (Lipinski definition) is 2. The first kappa shape index (κ1) is 18.6. The zero-order valence-electron chi connectivity index (χ0n) is 15.7. The Hall–Kier alpha value is -2.21. The second-order valence-corrected chi connectivity index (χ2v) is 7.53. The highest BCUT2D eigenvalue weighted by molar-refractivity contribution is 5.97. The standard InChI is InChI=1S/C20H27N3O3/c1-4-26-17-10-5-13-11-14(12-21-18(13)23-17)19(24)22-16-8-6-15(7-9-16)20(2,3)25/h5,10-12,15-16,25H,4,6-9H2,1-3H3,(H,22,24). The Balaban J connectivity index is 1.64. The lowest BCUT2D eigenvalue weighted by atomic mass is 9.77. The van der Waals surface area contributed by atoms with Crippen molar-refractivity contribution >= 4 is 16.9 Å². The number of nitrogens with one attached hydrogen (secondary N) is 1. The van der Waals surface area contributed by atoms with Gasteiger partial charge < -0.3 is 15.2 Å². The molecule has 1 saturated carbocycles. The van der Waals surface area contributed by atoms with E-state index in [9.17, 15) is 9.90 Å². The summed E-state index contributed by atoms with van der Waals surface area (Å²) in [7, 11) is 0. The third-order valence-corrected chi connectivity index (χ3v) is 5.13. The minimum absolute atomic E-state index is 0.111. The van der Waals surface area contributed by atoms with Gasteiger partial charge >= 0.3 is 0 Å². The number of pyridine rings is 2. The Morgan fingerprint density at radius 1 is 1.31 bits per heavy atom. The molecule has 0 atom stereocenters. The van der Waals surface area contributed by atoms with Crippen LogP contribution in [-0.4, -0.2) is 39.2 Å². The summed E-state index contributed by atoms with van der Waals surface area (Å²) in [6, 6.07) is 5.61. The van der Waals surface area contributed by atoms with Crippen molar-refractivity contribution in [1.29, 1.82) is 0 Å². The third kappa shape index (κ3) is 4.30. The Bertz CT molecular complexity index is 777. The predicted octanol–water partition coefficient (Wildman–Crippen LogP) is 3.09. The lowest BCUT2D eigenvalue weighted by molar-refractivity contribution is -0.00257. The summed E-state index contributed by atoms with van der Waals surface area (Å²) in [5, 5.41) is 14.0. The van der Waals surface area contributed by atoms with Crippen LogP contribution >= 0.6 is 0 Å². The highest BCUT2D eigenvalue weighted by Crippen LogP contribution is 2.32. The number of carbonyl (C=O) groups is 1. The van der Waals surface area contributed by atoms with Crippen molar-refractivity contribution in [3.05, 3.63) is 30.0 Å². The molecule has 6 nitrogen and oxygen atoms in total. The van der Waals surface area contributed by atoms with E-state index >= 15 is 0 Å². The number of fused-ring (bicyclic) bond motifs is 1. The molecule has 0 radical (unpaired) electrons. The SMILES string of the molecule is CCOc1ccc2cc(C(=O)NC3CCC(C(C)(C)O)CC3)cnc2n1. The van der Waals surface area contributed by atoms with Crippen molar-refractivity contribution < 1.29 is 14.6 Å². The van der Waals surface area contributed by atoms with Gasteiger partial charge in [0.1, 0.15) is 0 Å². The van der Waals surface area contributed by atoms with Gasteiger partial charge in [0.05, 0.1) is 17.8 Å². The van der Waals surface area contributed by atoms with E-state index in [0.29, 0.717) is 29.6 Å². The number of hydrogen-bond acceptors (Lipinski definition) is 5. The van der Waals surface area contributed by atoms with Crippen LogP contribution in [-0.2, 0) is 0 Å². The monoisotopic (exact) mass is 357 g/mol. The molecule has 2 aromatic heterocycles. The summed E-state index contributed by atoms with van der Waals surface area (Å²) in [5.74, 6) is 0.719. The van der Waals surface area contributed by atoms with Gasteiger partial charge in [-0.3, -0.25) is 4.79 Å². The van der Waals surface area contributed by atoms with Crippen molar-refractivity contribution in [2.24, 2.45) is 5.92 Å². The van der Waals surface area contributed by atoms with E-state index in [1.54, 1.807) is 12.3 Å². The molecule has 6 heteroatoms. The van der Waals surface area contributed by atoms with Gasteiger partial charge in [-0.2, -0.15) is 4.98 Å². The van der Waals surface area contributed by atoms with E-state index in [1.807, 2.05) is 32.9 Å². The van der Waals surface area contributed by atoms with Crippen LogP contribution in [0.15, 0.2) is 24.4 Å². The normalized spacial score (nSPS) is 20.8. The lowest BCUT2D eigenvalue weighted by Crippen LogP contribution is -2.41. The molecule has 140 valence electrons. The zero-order valence-corrected chi connectivity index (χ0v) is 15.7. The summed E-state index contributed by atoms with van der Waals surface area (Å²) in [6.07, 6.45) is 5.19. The molecule has 0 bridgehead atoms. The fourth-order valence-electron chi connectivity index (χ4n) is 3.56. The molecule has 3 rings (SSSR count). The van der Waals surface area contributed by atoms with E-state index in [1.165, 1.54) is 0 Å². The van der Waals surface area contributed by atoms with Gasteiger partial charge in [-0.1, -0.05) is 0 Å². The Kier molecular flexibility index (Phi) is 5.41. The average Bonchev–Trinajstić information content (AvgIpc) is 2.61. The Labute approximate surface area is 154 Å². The highest BCUT2D eigenvalue weighted by Gasteiger charge is 2.31. The third-order valence-electron chi connectivity index (χ3n) is 5.13. The van der Waals surface area contributed by atoms with Gasteiger partial charge in [-0.05, 0) is 64.5 Å². The molecule has 26 heavy (non-hydrogen) atoms. The Morgan fingerprint density at radius 2 is 2.04 bits per heavy atom. The topological polar surface area (TPSA) is 84.3 Å². The molecule has 1 fully saturated rings. The van der Waals surface area contributed by atoms with Gasteiger partial charge in [-0.25, -0.2) is 4.98 Å². The molecular weight excluding hydrogens is 330 g/mol. The minimum Gasteiger partial charge on any atom is -0.478 e. The molecule has 1 aliphatic rings. The quantitative estimate of drug-likeness (QED) is 0.859. The van der Waals surface area contributed by atoms with Gasteiger partial charge in [0.25, 0.3) is 5.91 Å². The molecular formula is C20H27N3O3. The predicted molar refractivity (Wildman–Crippen MR) is 100 cm³/mol. The number of ether oxygens (including phenoxy) is 1. The van der Waals surface area contributed by atoms with E-state index in [-0.39, 0.29) is 11.9 Å². The molecule has 1 aliphatic carbocycles. The number of nitrogens with zero attached hydrogens (tertiary/aromatic N) is 2. The van der Waals surface area contributed by atoms with Crippen molar-refractivity contribution in [3.63, 3.8) is 0 Å². The van der Waals surface area contributed by atoms with E-state index in [4.69, 9.17) is 4.74 Å². The van der Waals surface area contributed by atoms with Crippen LogP contribution in [0.3, 0.4) is 0 Å². The molecule has 2 heterocycles. The average molecular weight is 357 g/mol. The van der Waals surface area contributed by atoms with Gasteiger partial charge in [0.15, 0.2) is 5.65 Å². The first-order valence-corrected chi connectivity index (χ1v) is 9.29. The summed E-state index contributed by atoms with van der Waals surface area (Å²) < 4.78 is 5.38. The minimum atomic E-state index is -0.648. The lowest BCUT2D eigenvalue weighted by Gasteiger charge is -2.36. The van der Waals surface area contributed by atoms with Crippen LogP contribution < -0.4 is 10.1 Å². The molecule has 1 amide bonds. The van der Waals surface area contributed by atoms with Crippen LogP contribution in [0.1, 0.15) is 56.8 Å². The molecule has 0 unspecified atom stereocenters. The van der Waals surface area contributed by atoms with Gasteiger partial charge in [-0.15, -0.1) is 0 Å². The van der Waals surface area contributed by atoms with E-state index < -0.39 is 5.60 Å². The van der Waals surface area contributed by atoms with Crippen molar-refractivity contribution in [2.75, 3.05) is 6.61 Å². The van der Waals surface area contributed by atoms with Crippen LogP contribution in [0.25, 0.3) is 11.0 Å². The fourth-order valence-corrected chi connectivity index (χ4v) is 3.56. The van der Waals surface area contributed by atoms with Gasteiger partial charge in [0.2, 0.25) is 5.88 Å². The zero-order chi connectivity index (χ0) is 18.7. The van der Waals surface area contributed by atoms with Crippen LogP contribution in [0.5, 0.6) is 5.88 Å². The fraction of sp³-hybridized carbons (Fsp3) is 0.550. The first-order valence-electron chi connectivity index (χ1n) is 9.29. The molecule has 0 spiro atoms. The maximum atomic E-state index is 12.6. The summed E-state index contributed by atoms with van der Waals surface area (Å²) in [4.78, 5) is 21.2. The molecule has 0 aliphatic heterocycles. The summed E-state index contributed by atoms with van der Waals surface area (Å²) in [5.41, 5.74) is 0.455. The number of aromatic nitrogens is 2. The van der Waals surface area contributed by atoms with Crippen LogP contribution in [0.4, 0.5) is 0 Å². The number of amides is 1. The maximum absolute atomic E-state index is 12.6. The Morgan fingerprint density at radius 3 is 2.69 bits per heavy atom. The number of aliphatic hydroxyl groups is 1. The molecule has 2 aromatic rings. The highest BCUT2D eigenvalue weighted by atomic mass is 16.5. The summed E-state index contributed by atoms with van der Waals surface area (Å²) in [6.45, 7) is 6.18.